The first-order valence-corrected chi connectivity index (χ1v) is 5.82. The number of aromatic hydroxyl groups is 1. The van der Waals surface area contributed by atoms with Crippen LogP contribution in [0.1, 0.15) is 15.9 Å². The lowest BCUT2D eigenvalue weighted by atomic mass is 10.0. The molecule has 1 aliphatic heterocycles. The first-order valence-electron chi connectivity index (χ1n) is 5.44. The predicted molar refractivity (Wildman–Crippen MR) is 67.7 cm³/mol. The van der Waals surface area contributed by atoms with Crippen LogP contribution >= 0.6 is 11.6 Å². The summed E-state index contributed by atoms with van der Waals surface area (Å²) in [5, 5.41) is 9.80. The fraction of sp³-hybridized carbons (Fsp3) is 0.0714. The standard InChI is InChI=1S/C14H9ClO3/c15-13-6-10(16)2-4-11(13)8-1-3-12-9(5-8)7-18-14(12)17/h1-6,16H,7H2. The van der Waals surface area contributed by atoms with Crippen molar-refractivity contribution in [1.29, 1.82) is 0 Å². The molecule has 3 rings (SSSR count). The maximum absolute atomic E-state index is 11.3. The van der Waals surface area contributed by atoms with Gasteiger partial charge in [-0.15, -0.1) is 0 Å². The van der Waals surface area contributed by atoms with E-state index in [9.17, 15) is 9.90 Å². The normalized spacial score (nSPS) is 13.3. The van der Waals surface area contributed by atoms with Gasteiger partial charge >= 0.3 is 5.97 Å². The highest BCUT2D eigenvalue weighted by Crippen LogP contribution is 2.33. The second-order valence-electron chi connectivity index (χ2n) is 4.11. The van der Waals surface area contributed by atoms with Crippen molar-refractivity contribution in [2.75, 3.05) is 0 Å². The first-order chi connectivity index (χ1) is 8.65. The van der Waals surface area contributed by atoms with Gasteiger partial charge in [0.15, 0.2) is 0 Å². The van der Waals surface area contributed by atoms with Gasteiger partial charge in [0, 0.05) is 11.1 Å². The molecular formula is C14H9ClO3. The lowest BCUT2D eigenvalue weighted by Crippen LogP contribution is -1.93. The van der Waals surface area contributed by atoms with Crippen molar-refractivity contribution in [2.45, 2.75) is 6.61 Å². The van der Waals surface area contributed by atoms with Crippen LogP contribution in [0.25, 0.3) is 11.1 Å². The van der Waals surface area contributed by atoms with E-state index in [0.29, 0.717) is 17.2 Å². The number of carbonyl (C=O) groups is 1. The van der Waals surface area contributed by atoms with Gasteiger partial charge in [-0.1, -0.05) is 17.7 Å². The Hall–Kier alpha value is -2.00. The molecule has 0 radical (unpaired) electrons. The average Bonchev–Trinajstić information content (AvgIpc) is 2.71. The van der Waals surface area contributed by atoms with Crippen molar-refractivity contribution in [3.05, 3.63) is 52.5 Å². The molecule has 18 heavy (non-hydrogen) atoms. The van der Waals surface area contributed by atoms with Crippen molar-refractivity contribution in [2.24, 2.45) is 0 Å². The first kappa shape index (κ1) is 11.1. The Kier molecular flexibility index (Phi) is 2.49. The summed E-state index contributed by atoms with van der Waals surface area (Å²) < 4.78 is 4.95. The lowest BCUT2D eigenvalue weighted by molar-refractivity contribution is 0.0535. The summed E-state index contributed by atoms with van der Waals surface area (Å²) in [5.41, 5.74) is 3.18. The number of ether oxygens (including phenoxy) is 1. The number of esters is 1. The zero-order chi connectivity index (χ0) is 12.7. The quantitative estimate of drug-likeness (QED) is 0.800. The fourth-order valence-corrected chi connectivity index (χ4v) is 2.32. The van der Waals surface area contributed by atoms with Crippen molar-refractivity contribution in [1.82, 2.24) is 0 Å². The maximum atomic E-state index is 11.3. The topological polar surface area (TPSA) is 46.5 Å². The number of phenolic OH excluding ortho intramolecular Hbond substituents is 1. The average molecular weight is 261 g/mol. The van der Waals surface area contributed by atoms with Crippen molar-refractivity contribution >= 4 is 17.6 Å². The molecule has 1 N–H and O–H groups in total. The number of fused-ring (bicyclic) bond motifs is 1. The maximum Gasteiger partial charge on any atom is 0.338 e. The third-order valence-corrected chi connectivity index (χ3v) is 3.26. The van der Waals surface area contributed by atoms with E-state index in [0.717, 1.165) is 16.7 Å². The lowest BCUT2D eigenvalue weighted by Gasteiger charge is -2.06. The van der Waals surface area contributed by atoms with Crippen LogP contribution in [-0.4, -0.2) is 11.1 Å². The van der Waals surface area contributed by atoms with E-state index in [1.165, 1.54) is 6.07 Å². The predicted octanol–water partition coefficient (Wildman–Crippen LogP) is 3.38. The van der Waals surface area contributed by atoms with Gasteiger partial charge in [0.25, 0.3) is 0 Å². The summed E-state index contributed by atoms with van der Waals surface area (Å²) in [4.78, 5) is 11.3. The molecular weight excluding hydrogens is 252 g/mol. The largest absolute Gasteiger partial charge is 0.508 e. The number of hydrogen-bond donors (Lipinski definition) is 1. The minimum absolute atomic E-state index is 0.128. The van der Waals surface area contributed by atoms with E-state index in [4.69, 9.17) is 16.3 Å². The minimum Gasteiger partial charge on any atom is -0.508 e. The van der Waals surface area contributed by atoms with Crippen LogP contribution in [0.5, 0.6) is 5.75 Å². The molecule has 1 heterocycles. The smallest absolute Gasteiger partial charge is 0.338 e. The number of rotatable bonds is 1. The van der Waals surface area contributed by atoms with E-state index in [1.54, 1.807) is 18.2 Å². The van der Waals surface area contributed by atoms with Crippen LogP contribution in [0.3, 0.4) is 0 Å². The number of phenols is 1. The zero-order valence-corrected chi connectivity index (χ0v) is 10.1. The third-order valence-electron chi connectivity index (χ3n) is 2.95. The van der Waals surface area contributed by atoms with Gasteiger partial charge in [0.05, 0.1) is 10.6 Å². The molecule has 1 aliphatic rings. The number of benzene rings is 2. The van der Waals surface area contributed by atoms with Gasteiger partial charge in [0.2, 0.25) is 0 Å². The molecule has 90 valence electrons. The summed E-state index contributed by atoms with van der Waals surface area (Å²) in [6.07, 6.45) is 0. The van der Waals surface area contributed by atoms with Crippen molar-refractivity contribution < 1.29 is 14.6 Å². The highest BCUT2D eigenvalue weighted by Gasteiger charge is 2.21. The van der Waals surface area contributed by atoms with Gasteiger partial charge < -0.3 is 9.84 Å². The van der Waals surface area contributed by atoms with Crippen LogP contribution in [0.4, 0.5) is 0 Å². The second-order valence-corrected chi connectivity index (χ2v) is 4.52. The molecule has 0 unspecified atom stereocenters. The molecule has 0 bridgehead atoms. The molecule has 0 atom stereocenters. The van der Waals surface area contributed by atoms with E-state index >= 15 is 0 Å². The molecule has 0 fully saturated rings. The Labute approximate surface area is 109 Å². The Morgan fingerprint density at radius 3 is 2.67 bits per heavy atom. The summed E-state index contributed by atoms with van der Waals surface area (Å²) in [7, 11) is 0. The SMILES string of the molecule is O=C1OCc2cc(-c3ccc(O)cc3Cl)ccc21. The molecule has 0 saturated carbocycles. The van der Waals surface area contributed by atoms with Gasteiger partial charge in [-0.25, -0.2) is 4.79 Å². The third kappa shape index (κ3) is 1.73. The van der Waals surface area contributed by atoms with E-state index in [1.807, 2.05) is 12.1 Å². The summed E-state index contributed by atoms with van der Waals surface area (Å²) >= 11 is 6.09. The molecule has 0 aromatic heterocycles. The fourth-order valence-electron chi connectivity index (χ4n) is 2.04. The Morgan fingerprint density at radius 1 is 1.11 bits per heavy atom. The Balaban J connectivity index is 2.10. The minimum atomic E-state index is -0.284. The molecule has 0 amide bonds. The van der Waals surface area contributed by atoms with Crippen LogP contribution in [0.2, 0.25) is 5.02 Å². The number of halogens is 1. The molecule has 3 nitrogen and oxygen atoms in total. The van der Waals surface area contributed by atoms with Crippen molar-refractivity contribution in [3.8, 4) is 16.9 Å². The molecule has 4 heteroatoms. The molecule has 0 aliphatic carbocycles. The molecule has 0 saturated heterocycles. The van der Waals surface area contributed by atoms with Crippen LogP contribution in [0.15, 0.2) is 36.4 Å². The number of carbonyl (C=O) groups excluding carboxylic acids is 1. The van der Waals surface area contributed by atoms with E-state index in [-0.39, 0.29) is 11.7 Å². The number of cyclic esters (lactones) is 1. The van der Waals surface area contributed by atoms with Crippen molar-refractivity contribution in [3.63, 3.8) is 0 Å². The molecule has 0 spiro atoms. The number of hydrogen-bond acceptors (Lipinski definition) is 3. The zero-order valence-electron chi connectivity index (χ0n) is 9.31. The highest BCUT2D eigenvalue weighted by molar-refractivity contribution is 6.33. The Morgan fingerprint density at radius 2 is 1.89 bits per heavy atom. The summed E-state index contributed by atoms with van der Waals surface area (Å²) in [6, 6.07) is 10.3. The van der Waals surface area contributed by atoms with E-state index < -0.39 is 0 Å². The second kappa shape index (κ2) is 4.03. The highest BCUT2D eigenvalue weighted by atomic mass is 35.5. The monoisotopic (exact) mass is 260 g/mol. The van der Waals surface area contributed by atoms with Gasteiger partial charge in [0.1, 0.15) is 12.4 Å². The van der Waals surface area contributed by atoms with E-state index in [2.05, 4.69) is 0 Å². The van der Waals surface area contributed by atoms with Gasteiger partial charge in [-0.05, 0) is 35.9 Å². The van der Waals surface area contributed by atoms with Gasteiger partial charge in [-0.2, -0.15) is 0 Å². The van der Waals surface area contributed by atoms with Crippen LogP contribution in [0, 0.1) is 0 Å². The van der Waals surface area contributed by atoms with Gasteiger partial charge in [-0.3, -0.25) is 0 Å². The summed E-state index contributed by atoms with van der Waals surface area (Å²) in [6.45, 7) is 0.303. The molecule has 2 aromatic rings. The van der Waals surface area contributed by atoms with Crippen LogP contribution in [-0.2, 0) is 11.3 Å². The molecule has 2 aromatic carbocycles. The summed E-state index contributed by atoms with van der Waals surface area (Å²) in [5.74, 6) is -0.156. The Bertz CT molecular complexity index is 649. The van der Waals surface area contributed by atoms with Crippen LogP contribution < -0.4 is 0 Å².